The van der Waals surface area contributed by atoms with Crippen LogP contribution in [0.15, 0.2) is 34.0 Å². The van der Waals surface area contributed by atoms with E-state index in [1.54, 1.807) is 0 Å². The minimum atomic E-state index is -1.02. The van der Waals surface area contributed by atoms with Gasteiger partial charge in [-0.3, -0.25) is 4.79 Å². The summed E-state index contributed by atoms with van der Waals surface area (Å²) in [4.78, 5) is 29.4. The maximum atomic E-state index is 12.5. The highest BCUT2D eigenvalue weighted by atomic mass is 32.2. The number of thioether (sulfide) groups is 1. The number of nitrogens with zero attached hydrogens (tertiary/aromatic N) is 2. The lowest BCUT2D eigenvalue weighted by atomic mass is 9.80. The average molecular weight is 434 g/mol. The van der Waals surface area contributed by atoms with Gasteiger partial charge in [0.2, 0.25) is 5.91 Å². The first-order valence-electron chi connectivity index (χ1n) is 9.64. The number of aromatic carboxylic acids is 1. The van der Waals surface area contributed by atoms with E-state index in [1.165, 1.54) is 34.0 Å². The lowest BCUT2D eigenvalue weighted by Gasteiger charge is -2.33. The lowest BCUT2D eigenvalue weighted by molar-refractivity contribution is -0.128. The van der Waals surface area contributed by atoms with Gasteiger partial charge in [-0.05, 0) is 23.0 Å². The molecule has 29 heavy (non-hydrogen) atoms. The highest BCUT2D eigenvalue weighted by Gasteiger charge is 2.36. The number of thiazole rings is 1. The van der Waals surface area contributed by atoms with Crippen LogP contribution in [0.4, 0.5) is 0 Å². The third-order valence-electron chi connectivity index (χ3n) is 5.18. The van der Waals surface area contributed by atoms with E-state index >= 15 is 0 Å². The van der Waals surface area contributed by atoms with Crippen molar-refractivity contribution in [3.8, 4) is 0 Å². The molecule has 1 aromatic carbocycles. The minimum Gasteiger partial charge on any atom is -0.476 e. The fourth-order valence-electron chi connectivity index (χ4n) is 3.75. The number of hydrogen-bond donors (Lipinski definition) is 2. The van der Waals surface area contributed by atoms with Crippen molar-refractivity contribution in [2.24, 2.45) is 5.73 Å². The molecule has 1 aromatic heterocycles. The van der Waals surface area contributed by atoms with Crippen LogP contribution in [0.3, 0.4) is 0 Å². The van der Waals surface area contributed by atoms with Crippen LogP contribution in [0.5, 0.6) is 0 Å². The molecule has 0 aliphatic carbocycles. The summed E-state index contributed by atoms with van der Waals surface area (Å²) >= 11 is 2.79. The Bertz CT molecular complexity index is 891. The molecule has 2 atom stereocenters. The molecule has 6 nitrogen and oxygen atoms in total. The van der Waals surface area contributed by atoms with Crippen LogP contribution < -0.4 is 5.73 Å². The number of benzene rings is 1. The van der Waals surface area contributed by atoms with Gasteiger partial charge in [0, 0.05) is 24.1 Å². The molecule has 1 aliphatic heterocycles. The summed E-state index contributed by atoms with van der Waals surface area (Å²) in [5, 5.41) is 10.5. The van der Waals surface area contributed by atoms with Crippen LogP contribution in [0.25, 0.3) is 0 Å². The number of carbonyl (C=O) groups excluding carboxylic acids is 1. The highest BCUT2D eigenvalue weighted by molar-refractivity contribution is 8.01. The van der Waals surface area contributed by atoms with Crippen molar-refractivity contribution < 1.29 is 14.7 Å². The fraction of sp³-hybridized carbons (Fsp3) is 0.476. The molecule has 1 saturated heterocycles. The number of carbonyl (C=O) groups is 2. The number of carboxylic acids is 1. The monoisotopic (exact) mass is 433 g/mol. The maximum absolute atomic E-state index is 12.5. The summed E-state index contributed by atoms with van der Waals surface area (Å²) in [6.45, 7) is 7.09. The van der Waals surface area contributed by atoms with Crippen LogP contribution in [-0.4, -0.2) is 45.2 Å². The van der Waals surface area contributed by atoms with Crippen molar-refractivity contribution in [1.82, 2.24) is 9.88 Å². The second-order valence-corrected chi connectivity index (χ2v) is 10.4. The molecule has 8 heteroatoms. The van der Waals surface area contributed by atoms with Gasteiger partial charge in [0.1, 0.15) is 0 Å². The van der Waals surface area contributed by atoms with E-state index in [-0.39, 0.29) is 29.1 Å². The molecular formula is C21H27N3O3S2. The quantitative estimate of drug-likeness (QED) is 0.643. The Morgan fingerprint density at radius 1 is 1.41 bits per heavy atom. The molecule has 3 N–H and O–H groups in total. The van der Waals surface area contributed by atoms with Crippen molar-refractivity contribution in [2.75, 3.05) is 12.3 Å². The van der Waals surface area contributed by atoms with Gasteiger partial charge in [-0.25, -0.2) is 9.78 Å². The number of carboxylic acid groups (broad SMARTS) is 1. The standard InChI is InChI=1S/C21H27N3O3S2/c1-21(2,3)14-7-5-4-6-13(14)18(22)16-8-9-17(25)24(16)10-11-28-20-23-15(12-29-20)19(26)27/h4-7,12,16,18H,8-11,22H2,1-3H3,(H,26,27)/t16-,18?/m1/s1. The largest absolute Gasteiger partial charge is 0.476 e. The Morgan fingerprint density at radius 3 is 2.79 bits per heavy atom. The second-order valence-electron chi connectivity index (χ2n) is 8.21. The van der Waals surface area contributed by atoms with Gasteiger partial charge in [0.05, 0.1) is 12.1 Å². The zero-order valence-electron chi connectivity index (χ0n) is 16.9. The smallest absolute Gasteiger partial charge is 0.355 e. The van der Waals surface area contributed by atoms with Gasteiger partial charge in [0.25, 0.3) is 0 Å². The summed E-state index contributed by atoms with van der Waals surface area (Å²) in [5.74, 6) is -0.237. The van der Waals surface area contributed by atoms with Gasteiger partial charge in [-0.1, -0.05) is 56.8 Å². The van der Waals surface area contributed by atoms with E-state index in [0.717, 1.165) is 12.0 Å². The van der Waals surface area contributed by atoms with Gasteiger partial charge >= 0.3 is 5.97 Å². The first-order valence-corrected chi connectivity index (χ1v) is 11.5. The number of hydrogen-bond acceptors (Lipinski definition) is 6. The van der Waals surface area contributed by atoms with Gasteiger partial charge in [-0.2, -0.15) is 0 Å². The molecule has 1 unspecified atom stereocenters. The van der Waals surface area contributed by atoms with Gasteiger partial charge in [-0.15, -0.1) is 11.3 Å². The molecule has 0 saturated carbocycles. The van der Waals surface area contributed by atoms with E-state index in [2.05, 4.69) is 37.9 Å². The second kappa shape index (κ2) is 8.85. The SMILES string of the molecule is CC(C)(C)c1ccccc1C(N)[C@H]1CCC(=O)N1CCSc1nc(C(=O)O)cs1. The number of amides is 1. The lowest BCUT2D eigenvalue weighted by Crippen LogP contribution is -2.42. The summed E-state index contributed by atoms with van der Waals surface area (Å²) in [7, 11) is 0. The molecule has 0 spiro atoms. The first kappa shape index (κ1) is 21.8. The van der Waals surface area contributed by atoms with E-state index in [0.29, 0.717) is 23.1 Å². The predicted molar refractivity (Wildman–Crippen MR) is 117 cm³/mol. The summed E-state index contributed by atoms with van der Waals surface area (Å²) in [6.07, 6.45) is 1.27. The van der Waals surface area contributed by atoms with Crippen molar-refractivity contribution >= 4 is 35.0 Å². The van der Waals surface area contributed by atoms with Crippen molar-refractivity contribution in [3.63, 3.8) is 0 Å². The number of rotatable bonds is 7. The van der Waals surface area contributed by atoms with Crippen LogP contribution in [0, 0.1) is 0 Å². The zero-order valence-corrected chi connectivity index (χ0v) is 18.6. The molecule has 2 heterocycles. The Kier molecular flexibility index (Phi) is 6.65. The average Bonchev–Trinajstić information content (AvgIpc) is 3.28. The Morgan fingerprint density at radius 2 is 2.14 bits per heavy atom. The van der Waals surface area contributed by atoms with Crippen LogP contribution in [0.1, 0.15) is 61.3 Å². The van der Waals surface area contributed by atoms with Gasteiger partial charge in [0.15, 0.2) is 10.0 Å². The predicted octanol–water partition coefficient (Wildman–Crippen LogP) is 3.92. The van der Waals surface area contributed by atoms with Crippen molar-refractivity contribution in [1.29, 1.82) is 0 Å². The number of nitrogens with two attached hydrogens (primary N) is 1. The first-order chi connectivity index (χ1) is 13.7. The molecule has 2 aromatic rings. The third-order valence-corrected chi connectivity index (χ3v) is 7.18. The minimum absolute atomic E-state index is 0.0236. The van der Waals surface area contributed by atoms with Crippen LogP contribution in [-0.2, 0) is 10.2 Å². The molecule has 0 bridgehead atoms. The molecular weight excluding hydrogens is 406 g/mol. The number of likely N-dealkylation sites (tertiary alicyclic amines) is 1. The molecule has 156 valence electrons. The number of aromatic nitrogens is 1. The normalized spacial score (nSPS) is 18.3. The van der Waals surface area contributed by atoms with E-state index < -0.39 is 5.97 Å². The third kappa shape index (κ3) is 4.99. The van der Waals surface area contributed by atoms with Crippen molar-refractivity contribution in [3.05, 3.63) is 46.5 Å². The van der Waals surface area contributed by atoms with Gasteiger partial charge < -0.3 is 15.7 Å². The molecule has 3 rings (SSSR count). The van der Waals surface area contributed by atoms with E-state index in [4.69, 9.17) is 10.8 Å². The van der Waals surface area contributed by atoms with Crippen molar-refractivity contribution in [2.45, 2.75) is 55.5 Å². The van der Waals surface area contributed by atoms with Crippen LogP contribution >= 0.6 is 23.1 Å². The van der Waals surface area contributed by atoms with Crippen LogP contribution in [0.2, 0.25) is 0 Å². The maximum Gasteiger partial charge on any atom is 0.355 e. The molecule has 1 fully saturated rings. The summed E-state index contributed by atoms with van der Waals surface area (Å²) < 4.78 is 0.702. The van der Waals surface area contributed by atoms with E-state index in [9.17, 15) is 9.59 Å². The molecule has 1 amide bonds. The zero-order chi connectivity index (χ0) is 21.2. The topological polar surface area (TPSA) is 96.5 Å². The highest BCUT2D eigenvalue weighted by Crippen LogP contribution is 2.35. The van der Waals surface area contributed by atoms with E-state index in [1.807, 2.05) is 17.0 Å². The summed E-state index contributed by atoms with van der Waals surface area (Å²) in [5.41, 5.74) is 9.05. The molecule has 1 aliphatic rings. The molecule has 0 radical (unpaired) electrons. The summed E-state index contributed by atoms with van der Waals surface area (Å²) in [6, 6.07) is 7.96. The Balaban J connectivity index is 1.69. The fourth-order valence-corrected chi connectivity index (χ4v) is 5.56. The Hall–Kier alpha value is -1.90. The Labute approximate surface area is 179 Å².